The molecule has 10 nitrogen and oxygen atoms in total. The number of aromatic nitrogens is 2. The van der Waals surface area contributed by atoms with Crippen molar-refractivity contribution in [3.8, 4) is 28.8 Å². The van der Waals surface area contributed by atoms with Crippen LogP contribution in [0.1, 0.15) is 28.8 Å². The third kappa shape index (κ3) is 8.51. The third-order valence-corrected chi connectivity index (χ3v) is 7.07. The first-order valence-corrected chi connectivity index (χ1v) is 14.6. The van der Waals surface area contributed by atoms with Gasteiger partial charge in [-0.3, -0.25) is 9.59 Å². The summed E-state index contributed by atoms with van der Waals surface area (Å²) in [7, 11) is 8.19. The highest BCUT2D eigenvalue weighted by Crippen LogP contribution is 2.33. The number of para-hydroxylation sites is 1. The highest BCUT2D eigenvalue weighted by Gasteiger charge is 2.21. The summed E-state index contributed by atoms with van der Waals surface area (Å²) in [4.78, 5) is 27.3. The van der Waals surface area contributed by atoms with Crippen LogP contribution in [0, 0.1) is 6.92 Å². The molecule has 1 N–H and O–H groups in total. The van der Waals surface area contributed by atoms with E-state index in [1.54, 1.807) is 46.2 Å². The minimum absolute atomic E-state index is 0.0762. The molecule has 0 saturated heterocycles. The molecule has 2 amide bonds. The Labute approximate surface area is 264 Å². The Bertz CT molecular complexity index is 1610. The van der Waals surface area contributed by atoms with Crippen molar-refractivity contribution in [3.63, 3.8) is 0 Å². The second-order valence-corrected chi connectivity index (χ2v) is 10.5. The number of hydrogen-bond donors (Lipinski definition) is 1. The molecule has 0 atom stereocenters. The van der Waals surface area contributed by atoms with Crippen LogP contribution in [0.2, 0.25) is 0 Å². The number of rotatable bonds is 14. The van der Waals surface area contributed by atoms with Gasteiger partial charge in [-0.15, -0.1) is 0 Å². The lowest BCUT2D eigenvalue weighted by atomic mass is 10.0. The van der Waals surface area contributed by atoms with Gasteiger partial charge in [0, 0.05) is 51.4 Å². The standard InChI is InChI=1S/C35H40N4O6/c1-24-31(16-17-33(40)36-18-19-42-4)35(39(37-24)27-10-8-7-9-11-27)45-28-14-12-26(13-15-28)32(34(41)38(2)3)22-25-20-29(43-5)23-30(21-25)44-6/h7-15,20-23H,16-19H2,1-6H3,(H,36,40). The van der Waals surface area contributed by atoms with Crippen molar-refractivity contribution in [2.75, 3.05) is 48.6 Å². The van der Waals surface area contributed by atoms with Crippen LogP contribution < -0.4 is 19.5 Å². The summed E-state index contributed by atoms with van der Waals surface area (Å²) in [6.45, 7) is 2.81. The molecule has 0 radical (unpaired) electrons. The highest BCUT2D eigenvalue weighted by molar-refractivity contribution is 6.24. The van der Waals surface area contributed by atoms with Crippen LogP contribution in [-0.2, 0) is 20.7 Å². The SMILES string of the molecule is COCCNC(=O)CCc1c(C)nn(-c2ccccc2)c1Oc1ccc(C(=Cc2cc(OC)cc(OC)c2)C(=O)N(C)C)cc1. The molecular weight excluding hydrogens is 572 g/mol. The minimum Gasteiger partial charge on any atom is -0.497 e. The number of carbonyl (C=O) groups is 2. The fourth-order valence-corrected chi connectivity index (χ4v) is 4.70. The fraction of sp³-hybridized carbons (Fsp3) is 0.286. The Morgan fingerprint density at radius 3 is 2.18 bits per heavy atom. The van der Waals surface area contributed by atoms with Gasteiger partial charge in [0.15, 0.2) is 0 Å². The van der Waals surface area contributed by atoms with Crippen LogP contribution in [0.4, 0.5) is 0 Å². The number of amides is 2. The summed E-state index contributed by atoms with van der Waals surface area (Å²) in [5, 5.41) is 7.62. The van der Waals surface area contributed by atoms with E-state index < -0.39 is 0 Å². The number of aryl methyl sites for hydroxylation is 1. The average Bonchev–Trinajstić information content (AvgIpc) is 3.37. The zero-order valence-electron chi connectivity index (χ0n) is 26.6. The molecule has 4 aromatic rings. The number of benzene rings is 3. The van der Waals surface area contributed by atoms with Crippen LogP contribution in [0.15, 0.2) is 72.8 Å². The number of carbonyl (C=O) groups excluding carboxylic acids is 2. The maximum atomic E-state index is 13.3. The number of nitrogens with one attached hydrogen (secondary N) is 1. The summed E-state index contributed by atoms with van der Waals surface area (Å²) >= 11 is 0. The maximum absolute atomic E-state index is 13.3. The normalized spacial score (nSPS) is 11.2. The first-order chi connectivity index (χ1) is 21.7. The molecule has 0 bridgehead atoms. The van der Waals surface area contributed by atoms with Gasteiger partial charge in [0.25, 0.3) is 5.91 Å². The average molecular weight is 613 g/mol. The predicted molar refractivity (Wildman–Crippen MR) is 174 cm³/mol. The number of methoxy groups -OCH3 is 3. The van der Waals surface area contributed by atoms with Gasteiger partial charge in [0.1, 0.15) is 17.2 Å². The van der Waals surface area contributed by atoms with E-state index in [1.165, 1.54) is 4.90 Å². The van der Waals surface area contributed by atoms with E-state index in [-0.39, 0.29) is 18.2 Å². The van der Waals surface area contributed by atoms with Crippen LogP contribution in [0.25, 0.3) is 17.3 Å². The third-order valence-electron chi connectivity index (χ3n) is 7.07. The molecule has 4 rings (SSSR count). The summed E-state index contributed by atoms with van der Waals surface area (Å²) in [5.74, 6) is 2.09. The predicted octanol–water partition coefficient (Wildman–Crippen LogP) is 5.31. The van der Waals surface area contributed by atoms with Gasteiger partial charge in [-0.2, -0.15) is 5.10 Å². The number of hydrogen-bond acceptors (Lipinski definition) is 7. The molecule has 0 fully saturated rings. The lowest BCUT2D eigenvalue weighted by Crippen LogP contribution is -2.27. The topological polar surface area (TPSA) is 104 Å². The van der Waals surface area contributed by atoms with Gasteiger partial charge in [-0.25, -0.2) is 4.68 Å². The molecule has 3 aromatic carbocycles. The Hall–Kier alpha value is -5.09. The molecular formula is C35H40N4O6. The summed E-state index contributed by atoms with van der Waals surface area (Å²) in [6.07, 6.45) is 2.53. The molecule has 1 aromatic heterocycles. The lowest BCUT2D eigenvalue weighted by molar-refractivity contribution is -0.122. The van der Waals surface area contributed by atoms with Crippen LogP contribution in [0.5, 0.6) is 23.1 Å². The van der Waals surface area contributed by atoms with Crippen LogP contribution >= 0.6 is 0 Å². The largest absolute Gasteiger partial charge is 0.497 e. The summed E-state index contributed by atoms with van der Waals surface area (Å²) in [5.41, 5.74) is 4.40. The first-order valence-electron chi connectivity index (χ1n) is 14.6. The van der Waals surface area contributed by atoms with E-state index in [2.05, 4.69) is 5.32 Å². The molecule has 0 aliphatic rings. The van der Waals surface area contributed by atoms with Gasteiger partial charge in [-0.1, -0.05) is 30.3 Å². The molecule has 0 unspecified atom stereocenters. The van der Waals surface area contributed by atoms with Crippen molar-refractivity contribution >= 4 is 23.5 Å². The molecule has 0 saturated carbocycles. The fourth-order valence-electron chi connectivity index (χ4n) is 4.70. The zero-order valence-corrected chi connectivity index (χ0v) is 26.6. The number of nitrogens with zero attached hydrogens (tertiary/aromatic N) is 3. The minimum atomic E-state index is -0.158. The lowest BCUT2D eigenvalue weighted by Gasteiger charge is -2.16. The maximum Gasteiger partial charge on any atom is 0.253 e. The van der Waals surface area contributed by atoms with E-state index in [0.717, 1.165) is 22.5 Å². The Kier molecular flexibility index (Phi) is 11.4. The van der Waals surface area contributed by atoms with Crippen molar-refractivity contribution in [1.29, 1.82) is 0 Å². The Balaban J connectivity index is 1.67. The van der Waals surface area contributed by atoms with Crippen LogP contribution in [0.3, 0.4) is 0 Å². The van der Waals surface area contributed by atoms with Gasteiger partial charge in [0.2, 0.25) is 11.8 Å². The van der Waals surface area contributed by atoms with Crippen molar-refractivity contribution in [1.82, 2.24) is 20.0 Å². The van der Waals surface area contributed by atoms with E-state index in [0.29, 0.717) is 53.8 Å². The Morgan fingerprint density at radius 2 is 1.58 bits per heavy atom. The summed E-state index contributed by atoms with van der Waals surface area (Å²) in [6, 6.07) is 22.5. The van der Waals surface area contributed by atoms with Crippen molar-refractivity contribution in [2.24, 2.45) is 0 Å². The molecule has 10 heteroatoms. The van der Waals surface area contributed by atoms with Crippen molar-refractivity contribution in [2.45, 2.75) is 19.8 Å². The second kappa shape index (κ2) is 15.6. The van der Waals surface area contributed by atoms with Gasteiger partial charge >= 0.3 is 0 Å². The van der Waals surface area contributed by atoms with Crippen molar-refractivity contribution < 1.29 is 28.5 Å². The van der Waals surface area contributed by atoms with E-state index >= 15 is 0 Å². The highest BCUT2D eigenvalue weighted by atomic mass is 16.5. The Morgan fingerprint density at radius 1 is 0.911 bits per heavy atom. The van der Waals surface area contributed by atoms with Crippen molar-refractivity contribution in [3.05, 3.63) is 95.2 Å². The number of likely N-dealkylation sites (N-methyl/N-ethyl adjacent to an activating group) is 1. The first kappa shape index (κ1) is 32.8. The molecule has 0 aliphatic carbocycles. The number of ether oxygens (including phenoxy) is 4. The summed E-state index contributed by atoms with van der Waals surface area (Å²) < 4.78 is 24.1. The quantitative estimate of drug-likeness (QED) is 0.117. The zero-order chi connectivity index (χ0) is 32.3. The van der Waals surface area contributed by atoms with E-state index in [9.17, 15) is 9.59 Å². The van der Waals surface area contributed by atoms with Crippen LogP contribution in [-0.4, -0.2) is 75.1 Å². The molecule has 45 heavy (non-hydrogen) atoms. The second-order valence-electron chi connectivity index (χ2n) is 10.5. The molecule has 0 aliphatic heterocycles. The van der Waals surface area contributed by atoms with E-state index in [4.69, 9.17) is 24.0 Å². The van der Waals surface area contributed by atoms with E-state index in [1.807, 2.05) is 79.7 Å². The molecule has 236 valence electrons. The molecule has 0 spiro atoms. The smallest absolute Gasteiger partial charge is 0.253 e. The van der Waals surface area contributed by atoms with Gasteiger partial charge < -0.3 is 29.2 Å². The van der Waals surface area contributed by atoms with Gasteiger partial charge in [-0.05, 0) is 66.9 Å². The van der Waals surface area contributed by atoms with Gasteiger partial charge in [0.05, 0.1) is 32.2 Å². The monoisotopic (exact) mass is 612 g/mol. The molecule has 1 heterocycles.